The van der Waals surface area contributed by atoms with Crippen LogP contribution in [0.25, 0.3) is 0 Å². The number of nitrogens with zero attached hydrogens (tertiary/aromatic N) is 1. The number of benzene rings is 1. The number of hydrogen-bond acceptors (Lipinski definition) is 6. The van der Waals surface area contributed by atoms with Crippen LogP contribution in [0.15, 0.2) is 34.5 Å². The molecule has 0 radical (unpaired) electrons. The maximum Gasteiger partial charge on any atom is 0.256 e. The van der Waals surface area contributed by atoms with E-state index in [0.29, 0.717) is 23.3 Å². The van der Waals surface area contributed by atoms with Gasteiger partial charge in [-0.25, -0.2) is 8.42 Å². The van der Waals surface area contributed by atoms with E-state index in [9.17, 15) is 22.8 Å². The Bertz CT molecular complexity index is 1190. The molecule has 32 heavy (non-hydrogen) atoms. The summed E-state index contributed by atoms with van der Waals surface area (Å²) in [5.74, 6) is -1.07. The van der Waals surface area contributed by atoms with E-state index in [4.69, 9.17) is 0 Å². The zero-order chi connectivity index (χ0) is 23.3. The van der Waals surface area contributed by atoms with Crippen LogP contribution in [0.1, 0.15) is 60.0 Å². The van der Waals surface area contributed by atoms with E-state index >= 15 is 0 Å². The molecule has 1 fully saturated rings. The van der Waals surface area contributed by atoms with E-state index < -0.39 is 21.8 Å². The molecule has 2 aromatic rings. The number of fused-ring (bicyclic) bond motifs is 1. The van der Waals surface area contributed by atoms with Crippen LogP contribution >= 0.6 is 11.3 Å². The van der Waals surface area contributed by atoms with Gasteiger partial charge in [0.15, 0.2) is 9.84 Å². The van der Waals surface area contributed by atoms with Gasteiger partial charge in [0.2, 0.25) is 11.8 Å². The summed E-state index contributed by atoms with van der Waals surface area (Å²) in [5, 5.41) is 4.03. The maximum atomic E-state index is 12.9. The Labute approximate surface area is 191 Å². The molecule has 0 spiro atoms. The highest BCUT2D eigenvalue weighted by atomic mass is 32.2. The van der Waals surface area contributed by atoms with Gasteiger partial charge in [0.25, 0.3) is 5.91 Å². The van der Waals surface area contributed by atoms with Crippen molar-refractivity contribution in [1.82, 2.24) is 10.2 Å². The highest BCUT2D eigenvalue weighted by Gasteiger charge is 2.40. The Hall–Kier alpha value is -2.52. The summed E-state index contributed by atoms with van der Waals surface area (Å²) in [6.45, 7) is 6.49. The molecule has 3 heterocycles. The lowest BCUT2D eigenvalue weighted by atomic mass is 9.87. The molecule has 1 N–H and O–H groups in total. The molecular weight excluding hydrogens is 448 g/mol. The van der Waals surface area contributed by atoms with Crippen LogP contribution in [0.5, 0.6) is 0 Å². The topological polar surface area (TPSA) is 101 Å². The Morgan fingerprint density at radius 3 is 2.44 bits per heavy atom. The van der Waals surface area contributed by atoms with Gasteiger partial charge < -0.3 is 4.90 Å². The summed E-state index contributed by atoms with van der Waals surface area (Å²) < 4.78 is 25.8. The number of rotatable bonds is 5. The van der Waals surface area contributed by atoms with Gasteiger partial charge in [-0.3, -0.25) is 19.7 Å². The molecule has 0 bridgehead atoms. The predicted molar refractivity (Wildman–Crippen MR) is 121 cm³/mol. The van der Waals surface area contributed by atoms with E-state index in [0.717, 1.165) is 16.0 Å². The molecule has 170 valence electrons. The van der Waals surface area contributed by atoms with Crippen molar-refractivity contribution in [3.8, 4) is 0 Å². The second kappa shape index (κ2) is 8.12. The Morgan fingerprint density at radius 2 is 1.81 bits per heavy atom. The van der Waals surface area contributed by atoms with E-state index in [-0.39, 0.29) is 35.9 Å². The van der Waals surface area contributed by atoms with Crippen molar-refractivity contribution < 1.29 is 22.8 Å². The zero-order valence-corrected chi connectivity index (χ0v) is 19.9. The normalized spacial score (nSPS) is 19.3. The average molecular weight is 475 g/mol. The summed E-state index contributed by atoms with van der Waals surface area (Å²) in [5.41, 5.74) is 2.34. The minimum Gasteiger partial charge on any atom is -0.322 e. The van der Waals surface area contributed by atoms with Crippen molar-refractivity contribution in [2.75, 3.05) is 5.75 Å². The summed E-state index contributed by atoms with van der Waals surface area (Å²) in [7, 11) is -3.47. The van der Waals surface area contributed by atoms with Gasteiger partial charge in [-0.1, -0.05) is 32.9 Å². The van der Waals surface area contributed by atoms with Crippen LogP contribution in [0.4, 0.5) is 0 Å². The first kappa shape index (κ1) is 22.7. The van der Waals surface area contributed by atoms with E-state index in [1.807, 2.05) is 12.1 Å². The number of piperidine rings is 1. The number of imide groups is 1. The van der Waals surface area contributed by atoms with E-state index in [1.54, 1.807) is 17.5 Å². The molecule has 2 aliphatic heterocycles. The van der Waals surface area contributed by atoms with Crippen LogP contribution in [0, 0.1) is 0 Å². The third-order valence-corrected chi connectivity index (χ3v) is 8.88. The van der Waals surface area contributed by atoms with Gasteiger partial charge in [0.05, 0.1) is 16.2 Å². The van der Waals surface area contributed by atoms with Crippen LogP contribution in [0.3, 0.4) is 0 Å². The third kappa shape index (κ3) is 4.23. The van der Waals surface area contributed by atoms with Crippen molar-refractivity contribution in [2.45, 2.75) is 62.9 Å². The SMILES string of the molecule is CC(C)(C)c1ccc(S(=O)(=O)CCc2scc3c2CN(C2CCC(=O)NC2=O)C3=O)cc1. The van der Waals surface area contributed by atoms with Gasteiger partial charge in [-0.15, -0.1) is 11.3 Å². The summed E-state index contributed by atoms with van der Waals surface area (Å²) in [6.07, 6.45) is 0.810. The van der Waals surface area contributed by atoms with Crippen LogP contribution in [0.2, 0.25) is 0 Å². The zero-order valence-electron chi connectivity index (χ0n) is 18.3. The molecule has 0 aliphatic carbocycles. The molecule has 4 rings (SSSR count). The van der Waals surface area contributed by atoms with Crippen LogP contribution in [-0.4, -0.2) is 42.8 Å². The number of aryl methyl sites for hydroxylation is 1. The fraction of sp³-hybridized carbons (Fsp3) is 0.435. The first-order valence-electron chi connectivity index (χ1n) is 10.5. The molecule has 9 heteroatoms. The third-order valence-electron chi connectivity index (χ3n) is 6.06. The fourth-order valence-electron chi connectivity index (χ4n) is 4.12. The summed E-state index contributed by atoms with van der Waals surface area (Å²) in [4.78, 5) is 39.1. The van der Waals surface area contributed by atoms with Gasteiger partial charge in [0.1, 0.15) is 6.04 Å². The van der Waals surface area contributed by atoms with Crippen molar-refractivity contribution in [1.29, 1.82) is 0 Å². The molecule has 2 aliphatic rings. The number of hydrogen-bond donors (Lipinski definition) is 1. The van der Waals surface area contributed by atoms with Gasteiger partial charge in [-0.2, -0.15) is 0 Å². The van der Waals surface area contributed by atoms with Crippen LogP contribution in [-0.2, 0) is 37.8 Å². The highest BCUT2D eigenvalue weighted by molar-refractivity contribution is 7.91. The lowest BCUT2D eigenvalue weighted by molar-refractivity contribution is -0.136. The van der Waals surface area contributed by atoms with Crippen molar-refractivity contribution in [3.05, 3.63) is 51.2 Å². The molecule has 1 aromatic heterocycles. The number of carbonyl (C=O) groups is 3. The second-order valence-corrected chi connectivity index (χ2v) is 12.4. The average Bonchev–Trinajstić information content (AvgIpc) is 3.26. The van der Waals surface area contributed by atoms with Crippen LogP contribution < -0.4 is 5.32 Å². The Kier molecular flexibility index (Phi) is 5.75. The first-order valence-corrected chi connectivity index (χ1v) is 13.1. The molecule has 7 nitrogen and oxygen atoms in total. The van der Waals surface area contributed by atoms with E-state index in [2.05, 4.69) is 26.1 Å². The summed E-state index contributed by atoms with van der Waals surface area (Å²) >= 11 is 1.38. The Morgan fingerprint density at radius 1 is 1.12 bits per heavy atom. The molecule has 1 saturated heterocycles. The largest absolute Gasteiger partial charge is 0.322 e. The minimum atomic E-state index is -3.47. The molecular formula is C23H26N2O5S2. The molecule has 0 saturated carbocycles. The number of carbonyl (C=O) groups excluding carboxylic acids is 3. The minimum absolute atomic E-state index is 0.0541. The number of thiophene rings is 1. The number of amides is 3. The Balaban J connectivity index is 1.47. The molecule has 3 amide bonds. The second-order valence-electron chi connectivity index (χ2n) is 9.29. The molecule has 1 atom stereocenters. The number of nitrogens with one attached hydrogen (secondary N) is 1. The van der Waals surface area contributed by atoms with Gasteiger partial charge in [-0.05, 0) is 41.5 Å². The van der Waals surface area contributed by atoms with Crippen molar-refractivity contribution in [3.63, 3.8) is 0 Å². The lowest BCUT2D eigenvalue weighted by Gasteiger charge is -2.29. The quantitative estimate of drug-likeness (QED) is 0.672. The van der Waals surface area contributed by atoms with Gasteiger partial charge in [0, 0.05) is 23.2 Å². The number of sulfone groups is 1. The van der Waals surface area contributed by atoms with Crippen molar-refractivity contribution in [2.24, 2.45) is 0 Å². The molecule has 1 unspecified atom stereocenters. The molecule has 1 aromatic carbocycles. The predicted octanol–water partition coefficient (Wildman–Crippen LogP) is 2.82. The fourth-order valence-corrected chi connectivity index (χ4v) is 6.55. The van der Waals surface area contributed by atoms with Gasteiger partial charge >= 0.3 is 0 Å². The van der Waals surface area contributed by atoms with E-state index in [1.165, 1.54) is 16.2 Å². The monoisotopic (exact) mass is 474 g/mol. The maximum absolute atomic E-state index is 12.9. The summed E-state index contributed by atoms with van der Waals surface area (Å²) in [6, 6.07) is 6.35. The smallest absolute Gasteiger partial charge is 0.256 e. The first-order chi connectivity index (χ1) is 15.0. The standard InChI is InChI=1S/C23H26N2O5S2/c1-23(2,3)14-4-6-15(7-5-14)32(29,30)11-10-19-16-12-25(22(28)17(16)13-31-19)18-8-9-20(26)24-21(18)27/h4-7,13,18H,8-12H2,1-3H3,(H,24,26,27). The van der Waals surface area contributed by atoms with Crippen molar-refractivity contribution >= 4 is 38.9 Å². The lowest BCUT2D eigenvalue weighted by Crippen LogP contribution is -2.52. The highest BCUT2D eigenvalue weighted by Crippen LogP contribution is 2.34.